The molecular formula is C67H59Cl3SiTi. The molecule has 0 saturated heterocycles. The zero-order valence-electron chi connectivity index (χ0n) is 41.1. The molecule has 356 valence electrons. The van der Waals surface area contributed by atoms with Gasteiger partial charge in [-0.1, -0.05) is 244 Å². The molecule has 0 amide bonds. The number of hydrogen-bond acceptors (Lipinski definition) is 0. The second-order valence-electron chi connectivity index (χ2n) is 18.9. The summed E-state index contributed by atoms with van der Waals surface area (Å²) in [7, 11) is -3.19. The normalized spacial score (nSPS) is 11.9. The molecule has 10 rings (SSSR count). The van der Waals surface area contributed by atoms with Crippen molar-refractivity contribution in [3.63, 3.8) is 0 Å². The Kier molecular flexibility index (Phi) is 20.3. The molecule has 0 unspecified atom stereocenters. The van der Waals surface area contributed by atoms with Crippen molar-refractivity contribution in [1.29, 1.82) is 0 Å². The van der Waals surface area contributed by atoms with E-state index in [1.54, 1.807) is 5.20 Å². The molecule has 0 spiro atoms. The van der Waals surface area contributed by atoms with Crippen molar-refractivity contribution in [3.8, 4) is 0 Å². The van der Waals surface area contributed by atoms with Crippen LogP contribution < -0.4 is 52.8 Å². The Bertz CT molecular complexity index is 2700. The minimum atomic E-state index is -3.19. The van der Waals surface area contributed by atoms with Crippen LogP contribution in [-0.4, -0.2) is 8.07 Å². The van der Waals surface area contributed by atoms with Crippen molar-refractivity contribution in [2.75, 3.05) is 0 Å². The number of rotatable bonds is 16. The molecule has 1 aliphatic rings. The Balaban J connectivity index is 0.00000212. The van der Waals surface area contributed by atoms with Crippen molar-refractivity contribution in [2.45, 2.75) is 58.8 Å². The van der Waals surface area contributed by atoms with Crippen LogP contribution >= 0.6 is 0 Å². The predicted molar refractivity (Wildman–Crippen MR) is 289 cm³/mol. The van der Waals surface area contributed by atoms with Gasteiger partial charge in [0.25, 0.3) is 0 Å². The van der Waals surface area contributed by atoms with Gasteiger partial charge in [0.15, 0.2) is 8.07 Å². The van der Waals surface area contributed by atoms with Gasteiger partial charge in [-0.3, -0.25) is 6.08 Å². The summed E-state index contributed by atoms with van der Waals surface area (Å²) >= 11 is 0. The minimum Gasteiger partial charge on any atom is -1.00 e. The van der Waals surface area contributed by atoms with E-state index in [1.807, 2.05) is 0 Å². The minimum absolute atomic E-state index is 0. The van der Waals surface area contributed by atoms with Gasteiger partial charge in [0.2, 0.25) is 0 Å². The largest absolute Gasteiger partial charge is 4.00 e. The fourth-order valence-corrected chi connectivity index (χ4v) is 16.2. The summed E-state index contributed by atoms with van der Waals surface area (Å²) in [5.74, 6) is 0. The first-order valence-electron chi connectivity index (χ1n) is 24.4. The van der Waals surface area contributed by atoms with Gasteiger partial charge in [-0.2, -0.15) is 5.20 Å². The molecule has 0 nitrogen and oxygen atoms in total. The molecule has 0 aliphatic heterocycles. The third-order valence-corrected chi connectivity index (χ3v) is 18.9. The second kappa shape index (κ2) is 26.3. The van der Waals surface area contributed by atoms with E-state index in [0.717, 1.165) is 44.9 Å². The number of allylic oxidation sites excluding steroid dienone is 4. The maximum atomic E-state index is 3.94. The van der Waals surface area contributed by atoms with Crippen LogP contribution in [0.15, 0.2) is 253 Å². The molecular weight excluding hydrogens is 987 g/mol. The zero-order valence-corrected chi connectivity index (χ0v) is 45.9. The Hall–Kier alpha value is -5.74. The van der Waals surface area contributed by atoms with E-state index < -0.39 is 8.07 Å². The third kappa shape index (κ3) is 13.3. The number of benzene rings is 9. The van der Waals surface area contributed by atoms with Gasteiger partial charge in [-0.25, -0.2) is 11.1 Å². The van der Waals surface area contributed by atoms with Crippen molar-refractivity contribution in [3.05, 3.63) is 326 Å². The Morgan fingerprint density at radius 2 is 0.514 bits per heavy atom. The number of halogens is 3. The van der Waals surface area contributed by atoms with E-state index in [4.69, 9.17) is 0 Å². The first-order chi connectivity index (χ1) is 33.4. The summed E-state index contributed by atoms with van der Waals surface area (Å²) in [4.78, 5) is 0. The number of hydrogen-bond donors (Lipinski definition) is 0. The summed E-state index contributed by atoms with van der Waals surface area (Å²) in [5, 5.41) is 5.90. The van der Waals surface area contributed by atoms with Gasteiger partial charge in [-0.05, 0) is 121 Å². The quantitative estimate of drug-likeness (QED) is 0.0748. The average molecular weight is 1050 g/mol. The Morgan fingerprint density at radius 1 is 0.306 bits per heavy atom. The Labute approximate surface area is 463 Å². The van der Waals surface area contributed by atoms with Gasteiger partial charge in [-0.15, -0.1) is 13.3 Å². The van der Waals surface area contributed by atoms with Crippen LogP contribution in [0.5, 0.6) is 0 Å². The van der Waals surface area contributed by atoms with E-state index in [-0.39, 0.29) is 58.9 Å². The monoisotopic (exact) mass is 1040 g/mol. The van der Waals surface area contributed by atoms with E-state index in [1.165, 1.54) is 93.5 Å². The fourth-order valence-electron chi connectivity index (χ4n) is 10.7. The van der Waals surface area contributed by atoms with Gasteiger partial charge in [0.1, 0.15) is 0 Å². The molecule has 72 heavy (non-hydrogen) atoms. The van der Waals surface area contributed by atoms with E-state index in [0.29, 0.717) is 0 Å². The molecule has 0 aromatic heterocycles. The first-order valence-corrected chi connectivity index (χ1v) is 26.4. The second-order valence-corrected chi connectivity index (χ2v) is 22.8. The topological polar surface area (TPSA) is 0 Å². The van der Waals surface area contributed by atoms with Gasteiger partial charge in [0.05, 0.1) is 0 Å². The van der Waals surface area contributed by atoms with Crippen molar-refractivity contribution in [2.24, 2.45) is 0 Å². The zero-order chi connectivity index (χ0) is 46.1. The fraction of sp³-hybridized carbons (Fsp3) is 0.134. The van der Waals surface area contributed by atoms with Crippen LogP contribution in [0, 0.1) is 6.08 Å². The van der Waals surface area contributed by atoms with Crippen LogP contribution in [0.4, 0.5) is 0 Å². The van der Waals surface area contributed by atoms with E-state index in [9.17, 15) is 0 Å². The SMILES string of the molecule is CC1=[C-]CC([Si](c2cc(Cc3ccccc3)cc(Cc3ccccc3)c2)(c2cc(Cc3ccccc3)cc(Cc3ccccc3)c2)c2cc(Cc3ccccc3)cc(Cc3ccccc3)c2)=C1C.[Cl-].[Cl-].[Cl-].[Ti+4]. The molecule has 0 heterocycles. The van der Waals surface area contributed by atoms with Crippen molar-refractivity contribution >= 4 is 23.6 Å². The molecule has 0 fully saturated rings. The van der Waals surface area contributed by atoms with Gasteiger partial charge in [0, 0.05) is 0 Å². The Morgan fingerprint density at radius 3 is 0.694 bits per heavy atom. The molecule has 0 atom stereocenters. The smallest absolute Gasteiger partial charge is 1.00 e. The van der Waals surface area contributed by atoms with Gasteiger partial charge >= 0.3 is 21.7 Å². The van der Waals surface area contributed by atoms with Gasteiger partial charge < -0.3 is 37.2 Å². The van der Waals surface area contributed by atoms with E-state index in [2.05, 4.69) is 257 Å². The first kappa shape index (κ1) is 55.6. The molecule has 9 aromatic rings. The van der Waals surface area contributed by atoms with Crippen LogP contribution in [0.2, 0.25) is 0 Å². The maximum absolute atomic E-state index is 3.94. The maximum Gasteiger partial charge on any atom is 4.00 e. The summed E-state index contributed by atoms with van der Waals surface area (Å²) in [6, 6.07) is 89.6. The standard InChI is InChI=1S/C67H59Si.3ClH.Ti/c1-50-33-34-67(51(50)2)68(64-44-58(35-52-21-9-3-10-22-52)41-59(45-64)36-53-23-11-4-12-24-53,65-46-60(37-54-25-13-5-14-26-54)42-61(47-65)38-55-27-15-6-16-28-55)66-48-62(39-56-29-17-7-18-30-56)43-63(49-66)40-57-31-19-8-20-32-57;;;;/h3-32,41-49H,34-40H2,1-2H3;3*1H;/q-1;;;;+4/p-3. The van der Waals surface area contributed by atoms with E-state index >= 15 is 0 Å². The van der Waals surface area contributed by atoms with Crippen LogP contribution in [-0.2, 0) is 60.2 Å². The average Bonchev–Trinajstić information content (AvgIpc) is 3.70. The van der Waals surface area contributed by atoms with Crippen LogP contribution in [0.3, 0.4) is 0 Å². The summed E-state index contributed by atoms with van der Waals surface area (Å²) < 4.78 is 0. The molecule has 0 radical (unpaired) electrons. The molecule has 5 heteroatoms. The third-order valence-electron chi connectivity index (χ3n) is 14.0. The van der Waals surface area contributed by atoms with Crippen molar-refractivity contribution < 1.29 is 58.9 Å². The van der Waals surface area contributed by atoms with Crippen LogP contribution in [0.25, 0.3) is 0 Å². The molecule has 9 aromatic carbocycles. The predicted octanol–water partition coefficient (Wildman–Crippen LogP) is 4.72. The summed E-state index contributed by atoms with van der Waals surface area (Å²) in [5.41, 5.74) is 18.8. The van der Waals surface area contributed by atoms with Crippen molar-refractivity contribution in [1.82, 2.24) is 0 Å². The summed E-state index contributed by atoms with van der Waals surface area (Å²) in [6.07, 6.45) is 9.94. The molecule has 0 saturated carbocycles. The molecule has 1 aliphatic carbocycles. The summed E-state index contributed by atoms with van der Waals surface area (Å²) in [6.45, 7) is 4.68. The molecule has 0 N–H and O–H groups in total. The molecule has 0 bridgehead atoms. The van der Waals surface area contributed by atoms with Crippen LogP contribution in [0.1, 0.15) is 87.0 Å².